The molecule has 6 nitrogen and oxygen atoms in total. The van der Waals surface area contributed by atoms with E-state index in [1.165, 1.54) is 0 Å². The van der Waals surface area contributed by atoms with E-state index in [0.29, 0.717) is 30.3 Å². The van der Waals surface area contributed by atoms with Crippen LogP contribution < -0.4 is 15.4 Å². The number of hydrogen-bond donors (Lipinski definition) is 2. The lowest BCUT2D eigenvalue weighted by Crippen LogP contribution is -2.46. The number of aliphatic imine (C=N–C) groups is 1. The fourth-order valence-corrected chi connectivity index (χ4v) is 4.58. The first kappa shape index (κ1) is 25.1. The van der Waals surface area contributed by atoms with Crippen molar-refractivity contribution < 1.29 is 8.95 Å². The molecule has 160 valence electrons. The zero-order valence-corrected chi connectivity index (χ0v) is 20.4. The van der Waals surface area contributed by atoms with E-state index in [1.807, 2.05) is 25.3 Å². The van der Waals surface area contributed by atoms with Crippen molar-refractivity contribution in [1.82, 2.24) is 15.6 Å². The first-order chi connectivity index (χ1) is 13.2. The highest BCUT2D eigenvalue weighted by atomic mass is 127. The molecule has 1 heterocycles. The maximum atomic E-state index is 12.1. The Kier molecular flexibility index (Phi) is 12.7. The van der Waals surface area contributed by atoms with E-state index >= 15 is 0 Å². The summed E-state index contributed by atoms with van der Waals surface area (Å²) in [5.74, 6) is 2.22. The van der Waals surface area contributed by atoms with Crippen LogP contribution in [0.1, 0.15) is 58.4 Å². The Hall–Kier alpha value is -0.900. The van der Waals surface area contributed by atoms with Crippen LogP contribution in [0.15, 0.2) is 23.3 Å². The number of nitrogens with one attached hydrogen (secondary N) is 2. The lowest BCUT2D eigenvalue weighted by atomic mass is 9.95. The third kappa shape index (κ3) is 8.63. The molecule has 1 saturated carbocycles. The van der Waals surface area contributed by atoms with Crippen molar-refractivity contribution in [3.63, 3.8) is 0 Å². The summed E-state index contributed by atoms with van der Waals surface area (Å²) < 4.78 is 17.7. The van der Waals surface area contributed by atoms with E-state index in [0.717, 1.165) is 55.9 Å². The second-order valence-electron chi connectivity index (χ2n) is 6.85. The van der Waals surface area contributed by atoms with Crippen LogP contribution in [0.4, 0.5) is 0 Å². The summed E-state index contributed by atoms with van der Waals surface area (Å²) in [5.41, 5.74) is 1.05. The normalized spacial score (nSPS) is 20.8. The molecule has 0 bridgehead atoms. The predicted octanol–water partition coefficient (Wildman–Crippen LogP) is 3.62. The van der Waals surface area contributed by atoms with Gasteiger partial charge >= 0.3 is 0 Å². The minimum Gasteiger partial charge on any atom is -0.478 e. The van der Waals surface area contributed by atoms with Gasteiger partial charge in [-0.1, -0.05) is 26.3 Å². The molecule has 1 aromatic heterocycles. The van der Waals surface area contributed by atoms with E-state index in [-0.39, 0.29) is 24.0 Å². The van der Waals surface area contributed by atoms with E-state index in [2.05, 4.69) is 29.5 Å². The summed E-state index contributed by atoms with van der Waals surface area (Å²) in [6.45, 7) is 8.20. The number of rotatable bonds is 9. The smallest absolute Gasteiger partial charge is 0.213 e. The molecule has 0 radical (unpaired) electrons. The third-order valence-corrected chi connectivity index (χ3v) is 6.38. The van der Waals surface area contributed by atoms with E-state index in [9.17, 15) is 4.21 Å². The molecule has 1 aromatic rings. The van der Waals surface area contributed by atoms with Crippen molar-refractivity contribution in [3.05, 3.63) is 23.9 Å². The van der Waals surface area contributed by atoms with Crippen LogP contribution in [0.3, 0.4) is 0 Å². The number of hydrogen-bond acceptors (Lipinski definition) is 4. The molecule has 0 amide bonds. The summed E-state index contributed by atoms with van der Waals surface area (Å²) in [6, 6.07) is 4.23. The quantitative estimate of drug-likeness (QED) is 0.295. The standard InChI is InChI=1S/C20H34N4O2S.HI/c1-4-12-26-19-11-10-16(14-22-19)15-23-20(21-5-2)24-17-8-7-9-18(13-17)27(25)6-3;/h10-11,14,17-18H,4-9,12-13,15H2,1-3H3,(H2,21,23,24);1H. The number of nitrogens with zero attached hydrogens (tertiary/aromatic N) is 2. The van der Waals surface area contributed by atoms with Crippen LogP contribution in [-0.2, 0) is 17.3 Å². The Morgan fingerprint density at radius 3 is 2.79 bits per heavy atom. The minimum atomic E-state index is -0.712. The molecule has 1 fully saturated rings. The third-order valence-electron chi connectivity index (χ3n) is 4.64. The first-order valence-electron chi connectivity index (χ1n) is 10.2. The second kappa shape index (κ2) is 14.1. The average Bonchev–Trinajstić information content (AvgIpc) is 2.71. The highest BCUT2D eigenvalue weighted by molar-refractivity contribution is 14.0. The number of halogens is 1. The molecular weight excluding hydrogens is 487 g/mol. The maximum absolute atomic E-state index is 12.1. The molecule has 8 heteroatoms. The number of guanidine groups is 1. The molecule has 0 spiro atoms. The predicted molar refractivity (Wildman–Crippen MR) is 128 cm³/mol. The number of pyridine rings is 1. The van der Waals surface area contributed by atoms with Crippen molar-refractivity contribution in [2.75, 3.05) is 18.9 Å². The Morgan fingerprint density at radius 1 is 1.32 bits per heavy atom. The summed E-state index contributed by atoms with van der Waals surface area (Å²) in [4.78, 5) is 9.03. The number of ether oxygens (including phenoxy) is 1. The van der Waals surface area contributed by atoms with Gasteiger partial charge in [-0.3, -0.25) is 4.21 Å². The number of aromatic nitrogens is 1. The van der Waals surface area contributed by atoms with Gasteiger partial charge in [0.15, 0.2) is 5.96 Å². The SMILES string of the molecule is CCCOc1ccc(CN=C(NCC)NC2CCCC(S(=O)CC)C2)cn1.I. The molecule has 1 aliphatic rings. The lowest BCUT2D eigenvalue weighted by Gasteiger charge is -2.30. The minimum absolute atomic E-state index is 0. The summed E-state index contributed by atoms with van der Waals surface area (Å²) >= 11 is 0. The molecule has 0 aromatic carbocycles. The van der Waals surface area contributed by atoms with Crippen molar-refractivity contribution >= 4 is 40.7 Å². The molecule has 2 N–H and O–H groups in total. The van der Waals surface area contributed by atoms with Crippen LogP contribution in [0.25, 0.3) is 0 Å². The summed E-state index contributed by atoms with van der Waals surface area (Å²) in [5, 5.41) is 7.16. The first-order valence-corrected chi connectivity index (χ1v) is 11.5. The van der Waals surface area contributed by atoms with Gasteiger partial charge < -0.3 is 15.4 Å². The van der Waals surface area contributed by atoms with Gasteiger partial charge in [-0.05, 0) is 38.2 Å². The van der Waals surface area contributed by atoms with Gasteiger partial charge in [0.2, 0.25) is 5.88 Å². The molecule has 2 rings (SSSR count). The lowest BCUT2D eigenvalue weighted by molar-refractivity contribution is 0.305. The largest absolute Gasteiger partial charge is 0.478 e. The average molecular weight is 522 g/mol. The Bertz CT molecular complexity index is 613. The Labute approximate surface area is 189 Å². The van der Waals surface area contributed by atoms with Crippen LogP contribution in [0.2, 0.25) is 0 Å². The van der Waals surface area contributed by atoms with Gasteiger partial charge in [0.25, 0.3) is 0 Å². The molecule has 1 aliphatic carbocycles. The molecule has 0 aliphatic heterocycles. The van der Waals surface area contributed by atoms with Gasteiger partial charge in [-0.25, -0.2) is 9.98 Å². The van der Waals surface area contributed by atoms with Crippen molar-refractivity contribution in [1.29, 1.82) is 0 Å². The van der Waals surface area contributed by atoms with Gasteiger partial charge in [-0.2, -0.15) is 0 Å². The van der Waals surface area contributed by atoms with Crippen molar-refractivity contribution in [3.8, 4) is 5.88 Å². The zero-order valence-electron chi connectivity index (χ0n) is 17.3. The Balaban J connectivity index is 0.00000392. The van der Waals surface area contributed by atoms with Crippen LogP contribution in [0.5, 0.6) is 5.88 Å². The fraction of sp³-hybridized carbons (Fsp3) is 0.700. The highest BCUT2D eigenvalue weighted by Crippen LogP contribution is 2.23. The summed E-state index contributed by atoms with van der Waals surface area (Å²) in [6.07, 6.45) is 7.04. The zero-order chi connectivity index (χ0) is 19.5. The van der Waals surface area contributed by atoms with E-state index in [1.54, 1.807) is 0 Å². The molecule has 3 atom stereocenters. The van der Waals surface area contributed by atoms with E-state index in [4.69, 9.17) is 9.73 Å². The van der Waals surface area contributed by atoms with Gasteiger partial charge in [-0.15, -0.1) is 24.0 Å². The monoisotopic (exact) mass is 522 g/mol. The van der Waals surface area contributed by atoms with Crippen LogP contribution >= 0.6 is 24.0 Å². The van der Waals surface area contributed by atoms with Gasteiger partial charge in [0.1, 0.15) is 0 Å². The highest BCUT2D eigenvalue weighted by Gasteiger charge is 2.26. The topological polar surface area (TPSA) is 75.6 Å². The fourth-order valence-electron chi connectivity index (χ4n) is 3.23. The van der Waals surface area contributed by atoms with Crippen molar-refractivity contribution in [2.24, 2.45) is 4.99 Å². The van der Waals surface area contributed by atoms with Gasteiger partial charge in [0, 0.05) is 46.7 Å². The van der Waals surface area contributed by atoms with Gasteiger partial charge in [0.05, 0.1) is 13.2 Å². The summed E-state index contributed by atoms with van der Waals surface area (Å²) in [7, 11) is -0.712. The molecule has 28 heavy (non-hydrogen) atoms. The molecular formula is C20H35IN4O2S. The Morgan fingerprint density at radius 2 is 2.14 bits per heavy atom. The van der Waals surface area contributed by atoms with Crippen LogP contribution in [0, 0.1) is 0 Å². The van der Waals surface area contributed by atoms with Crippen molar-refractivity contribution in [2.45, 2.75) is 70.7 Å². The van der Waals surface area contributed by atoms with Crippen LogP contribution in [-0.4, -0.2) is 45.3 Å². The molecule has 0 saturated heterocycles. The maximum Gasteiger partial charge on any atom is 0.213 e. The van der Waals surface area contributed by atoms with E-state index < -0.39 is 10.8 Å². The second-order valence-corrected chi connectivity index (χ2v) is 8.85. The molecule has 3 unspecified atom stereocenters.